The lowest BCUT2D eigenvalue weighted by atomic mass is 10.0. The summed E-state index contributed by atoms with van der Waals surface area (Å²) in [5.74, 6) is 0. The first-order valence-corrected chi connectivity index (χ1v) is 5.97. The van der Waals surface area contributed by atoms with E-state index in [1.807, 2.05) is 25.2 Å². The first kappa shape index (κ1) is 12.1. The SMILES string of the molecule is CNC(C)c1ccc(-c2ccncc2)cc1Cl. The van der Waals surface area contributed by atoms with Gasteiger partial charge in [0.1, 0.15) is 0 Å². The van der Waals surface area contributed by atoms with Crippen LogP contribution in [0, 0.1) is 0 Å². The fourth-order valence-corrected chi connectivity index (χ4v) is 2.10. The standard InChI is InChI=1S/C14H15ClN2/c1-10(16-2)13-4-3-12(9-14(13)15)11-5-7-17-8-6-11/h3-10,16H,1-2H3. The summed E-state index contributed by atoms with van der Waals surface area (Å²) in [6.45, 7) is 2.09. The highest BCUT2D eigenvalue weighted by atomic mass is 35.5. The highest BCUT2D eigenvalue weighted by Gasteiger charge is 2.08. The average molecular weight is 247 g/mol. The van der Waals surface area contributed by atoms with Crippen molar-refractivity contribution in [3.05, 3.63) is 53.3 Å². The summed E-state index contributed by atoms with van der Waals surface area (Å²) in [4.78, 5) is 4.01. The van der Waals surface area contributed by atoms with E-state index in [2.05, 4.69) is 29.4 Å². The minimum Gasteiger partial charge on any atom is -0.313 e. The second-order valence-electron chi connectivity index (χ2n) is 3.98. The van der Waals surface area contributed by atoms with Crippen LogP contribution < -0.4 is 5.32 Å². The van der Waals surface area contributed by atoms with Crippen molar-refractivity contribution in [2.75, 3.05) is 7.05 Å². The fourth-order valence-electron chi connectivity index (χ4n) is 1.76. The molecule has 1 N–H and O–H groups in total. The third-order valence-electron chi connectivity index (χ3n) is 2.91. The predicted octanol–water partition coefficient (Wildman–Crippen LogP) is 3.68. The maximum atomic E-state index is 6.30. The van der Waals surface area contributed by atoms with Gasteiger partial charge >= 0.3 is 0 Å². The van der Waals surface area contributed by atoms with Crippen LogP contribution in [0.25, 0.3) is 11.1 Å². The van der Waals surface area contributed by atoms with E-state index in [0.29, 0.717) is 0 Å². The van der Waals surface area contributed by atoms with Crippen molar-refractivity contribution in [2.45, 2.75) is 13.0 Å². The van der Waals surface area contributed by atoms with Gasteiger partial charge in [-0.15, -0.1) is 0 Å². The van der Waals surface area contributed by atoms with Crippen molar-refractivity contribution in [2.24, 2.45) is 0 Å². The first-order valence-electron chi connectivity index (χ1n) is 5.59. The maximum absolute atomic E-state index is 6.30. The number of nitrogens with one attached hydrogen (secondary N) is 1. The zero-order chi connectivity index (χ0) is 12.3. The maximum Gasteiger partial charge on any atom is 0.0459 e. The molecule has 0 spiro atoms. The van der Waals surface area contributed by atoms with Crippen LogP contribution in [0.3, 0.4) is 0 Å². The second kappa shape index (κ2) is 5.30. The molecular weight excluding hydrogens is 232 g/mol. The Balaban J connectivity index is 2.38. The molecule has 2 nitrogen and oxygen atoms in total. The van der Waals surface area contributed by atoms with Crippen LogP contribution in [0.5, 0.6) is 0 Å². The molecule has 3 heteroatoms. The molecule has 0 aliphatic carbocycles. The van der Waals surface area contributed by atoms with Crippen molar-refractivity contribution in [1.29, 1.82) is 0 Å². The van der Waals surface area contributed by atoms with Crippen LogP contribution in [0.4, 0.5) is 0 Å². The topological polar surface area (TPSA) is 24.9 Å². The Labute approximate surface area is 107 Å². The Bertz CT molecular complexity index is 497. The first-order chi connectivity index (χ1) is 8.22. The van der Waals surface area contributed by atoms with Crippen LogP contribution in [-0.2, 0) is 0 Å². The molecule has 17 heavy (non-hydrogen) atoms. The number of aromatic nitrogens is 1. The molecule has 0 fully saturated rings. The molecule has 0 aliphatic heterocycles. The quantitative estimate of drug-likeness (QED) is 0.894. The van der Waals surface area contributed by atoms with E-state index < -0.39 is 0 Å². The van der Waals surface area contributed by atoms with Gasteiger partial charge in [0.25, 0.3) is 0 Å². The minimum absolute atomic E-state index is 0.258. The number of pyridine rings is 1. The number of halogens is 1. The highest BCUT2D eigenvalue weighted by molar-refractivity contribution is 6.31. The molecular formula is C14H15ClN2. The summed E-state index contributed by atoms with van der Waals surface area (Å²) >= 11 is 6.30. The van der Waals surface area contributed by atoms with E-state index in [1.54, 1.807) is 12.4 Å². The molecule has 2 aromatic rings. The molecule has 0 bridgehead atoms. The van der Waals surface area contributed by atoms with Gasteiger partial charge < -0.3 is 5.32 Å². The fraction of sp³-hybridized carbons (Fsp3) is 0.214. The highest BCUT2D eigenvalue weighted by Crippen LogP contribution is 2.28. The van der Waals surface area contributed by atoms with Gasteiger partial charge in [-0.05, 0) is 48.9 Å². The predicted molar refractivity (Wildman–Crippen MR) is 72.2 cm³/mol. The molecule has 2 rings (SSSR count). The summed E-state index contributed by atoms with van der Waals surface area (Å²) in [5, 5.41) is 3.98. The van der Waals surface area contributed by atoms with Crippen LogP contribution in [0.1, 0.15) is 18.5 Å². The van der Waals surface area contributed by atoms with Crippen LogP contribution >= 0.6 is 11.6 Å². The lowest BCUT2D eigenvalue weighted by molar-refractivity contribution is 0.652. The van der Waals surface area contributed by atoms with E-state index in [-0.39, 0.29) is 6.04 Å². The van der Waals surface area contributed by atoms with Gasteiger partial charge in [0.15, 0.2) is 0 Å². The Morgan fingerprint density at radius 1 is 1.12 bits per heavy atom. The molecule has 88 valence electrons. The Kier molecular flexibility index (Phi) is 3.77. The molecule has 1 aromatic carbocycles. The smallest absolute Gasteiger partial charge is 0.0459 e. The molecule has 1 aromatic heterocycles. The van der Waals surface area contributed by atoms with E-state index in [1.165, 1.54) is 0 Å². The molecule has 0 amide bonds. The number of hydrogen-bond donors (Lipinski definition) is 1. The summed E-state index contributed by atoms with van der Waals surface area (Å²) in [5.41, 5.74) is 3.36. The van der Waals surface area contributed by atoms with Gasteiger partial charge in [-0.2, -0.15) is 0 Å². The van der Waals surface area contributed by atoms with E-state index >= 15 is 0 Å². The normalized spacial score (nSPS) is 12.4. The molecule has 0 aliphatic rings. The summed E-state index contributed by atoms with van der Waals surface area (Å²) in [7, 11) is 1.93. The van der Waals surface area contributed by atoms with Crippen LogP contribution in [0.15, 0.2) is 42.7 Å². The summed E-state index contributed by atoms with van der Waals surface area (Å²) < 4.78 is 0. The Hall–Kier alpha value is -1.38. The van der Waals surface area contributed by atoms with Crippen molar-refractivity contribution in [3.8, 4) is 11.1 Å². The Morgan fingerprint density at radius 2 is 1.82 bits per heavy atom. The van der Waals surface area contributed by atoms with Crippen molar-refractivity contribution in [3.63, 3.8) is 0 Å². The number of benzene rings is 1. The van der Waals surface area contributed by atoms with Gasteiger partial charge in [0.2, 0.25) is 0 Å². The third kappa shape index (κ3) is 2.65. The number of nitrogens with zero attached hydrogens (tertiary/aromatic N) is 1. The number of hydrogen-bond acceptors (Lipinski definition) is 2. The van der Waals surface area contributed by atoms with Crippen LogP contribution in [0.2, 0.25) is 5.02 Å². The molecule has 1 unspecified atom stereocenters. The minimum atomic E-state index is 0.258. The molecule has 0 radical (unpaired) electrons. The monoisotopic (exact) mass is 246 g/mol. The van der Waals surface area contributed by atoms with E-state index in [4.69, 9.17) is 11.6 Å². The molecule has 1 heterocycles. The van der Waals surface area contributed by atoms with Crippen molar-refractivity contribution < 1.29 is 0 Å². The van der Waals surface area contributed by atoms with E-state index in [0.717, 1.165) is 21.7 Å². The van der Waals surface area contributed by atoms with Crippen molar-refractivity contribution >= 4 is 11.6 Å². The van der Waals surface area contributed by atoms with Crippen LogP contribution in [-0.4, -0.2) is 12.0 Å². The molecule has 0 saturated heterocycles. The lowest BCUT2D eigenvalue weighted by Crippen LogP contribution is -2.12. The second-order valence-corrected chi connectivity index (χ2v) is 4.39. The molecule has 1 atom stereocenters. The lowest BCUT2D eigenvalue weighted by Gasteiger charge is -2.13. The molecule has 0 saturated carbocycles. The van der Waals surface area contributed by atoms with Gasteiger partial charge in [-0.1, -0.05) is 23.7 Å². The van der Waals surface area contributed by atoms with E-state index in [9.17, 15) is 0 Å². The largest absolute Gasteiger partial charge is 0.313 e. The van der Waals surface area contributed by atoms with Gasteiger partial charge in [0, 0.05) is 23.5 Å². The Morgan fingerprint density at radius 3 is 2.41 bits per heavy atom. The van der Waals surface area contributed by atoms with Gasteiger partial charge in [-0.25, -0.2) is 0 Å². The average Bonchev–Trinajstić information content (AvgIpc) is 2.39. The zero-order valence-electron chi connectivity index (χ0n) is 9.94. The number of rotatable bonds is 3. The van der Waals surface area contributed by atoms with Crippen molar-refractivity contribution in [1.82, 2.24) is 10.3 Å². The summed E-state index contributed by atoms with van der Waals surface area (Å²) in [6, 6.07) is 10.4. The van der Waals surface area contributed by atoms with Gasteiger partial charge in [0.05, 0.1) is 0 Å². The third-order valence-corrected chi connectivity index (χ3v) is 3.24. The zero-order valence-corrected chi connectivity index (χ0v) is 10.7. The summed E-state index contributed by atoms with van der Waals surface area (Å²) in [6.07, 6.45) is 3.57. The van der Waals surface area contributed by atoms with Gasteiger partial charge in [-0.3, -0.25) is 4.98 Å².